The number of methoxy groups -OCH3 is 1. The standard InChI is InChI=1S/C15H25N5O3.HI/c1-4-11-9-13(23-19-11)10-17-14(16-2)18-12-5-7-20(8-6-12)15(21)22-3;/h9,12H,4-8,10H2,1-3H3,(H2,16,17,18);1H. The summed E-state index contributed by atoms with van der Waals surface area (Å²) in [5, 5.41) is 10.6. The molecule has 1 aromatic rings. The molecule has 2 N–H and O–H groups in total. The average Bonchev–Trinajstić information content (AvgIpc) is 3.06. The highest BCUT2D eigenvalue weighted by Gasteiger charge is 2.23. The predicted molar refractivity (Wildman–Crippen MR) is 102 cm³/mol. The first kappa shape index (κ1) is 20.5. The van der Waals surface area contributed by atoms with Crippen molar-refractivity contribution in [3.63, 3.8) is 0 Å². The third-order valence-electron chi connectivity index (χ3n) is 3.89. The van der Waals surface area contributed by atoms with Crippen LogP contribution in [0.25, 0.3) is 0 Å². The Balaban J connectivity index is 0.00000288. The summed E-state index contributed by atoms with van der Waals surface area (Å²) in [5.41, 5.74) is 0.944. The Labute approximate surface area is 159 Å². The minimum atomic E-state index is -0.261. The Kier molecular flexibility index (Phi) is 8.87. The van der Waals surface area contributed by atoms with E-state index in [-0.39, 0.29) is 36.1 Å². The van der Waals surface area contributed by atoms with Gasteiger partial charge in [0.1, 0.15) is 0 Å². The number of rotatable bonds is 4. The molecule has 9 heteroatoms. The van der Waals surface area contributed by atoms with Crippen LogP contribution < -0.4 is 10.6 Å². The van der Waals surface area contributed by atoms with Gasteiger partial charge in [0.05, 0.1) is 19.3 Å². The fraction of sp³-hybridized carbons (Fsp3) is 0.667. The van der Waals surface area contributed by atoms with E-state index in [1.165, 1.54) is 7.11 Å². The van der Waals surface area contributed by atoms with Gasteiger partial charge in [-0.1, -0.05) is 12.1 Å². The molecular weight excluding hydrogens is 425 g/mol. The van der Waals surface area contributed by atoms with Gasteiger partial charge >= 0.3 is 6.09 Å². The summed E-state index contributed by atoms with van der Waals surface area (Å²) < 4.78 is 9.98. The molecule has 0 spiro atoms. The second-order valence-corrected chi connectivity index (χ2v) is 5.44. The molecule has 1 aliphatic heterocycles. The summed E-state index contributed by atoms with van der Waals surface area (Å²) in [6.07, 6.45) is 2.31. The first-order valence-corrected chi connectivity index (χ1v) is 7.90. The summed E-state index contributed by atoms with van der Waals surface area (Å²) in [5.74, 6) is 1.50. The van der Waals surface area contributed by atoms with Crippen molar-refractivity contribution >= 4 is 36.0 Å². The highest BCUT2D eigenvalue weighted by atomic mass is 127. The summed E-state index contributed by atoms with van der Waals surface area (Å²) in [4.78, 5) is 17.4. The third kappa shape index (κ3) is 5.84. The normalized spacial score (nSPS) is 15.6. The van der Waals surface area contributed by atoms with Gasteiger partial charge in [0, 0.05) is 32.2 Å². The molecule has 0 atom stereocenters. The monoisotopic (exact) mass is 451 g/mol. The number of aryl methyl sites for hydroxylation is 1. The Morgan fingerprint density at radius 1 is 1.50 bits per heavy atom. The van der Waals surface area contributed by atoms with Crippen LogP contribution in [0, 0.1) is 0 Å². The van der Waals surface area contributed by atoms with Crippen LogP contribution in [0.15, 0.2) is 15.6 Å². The number of guanidine groups is 1. The van der Waals surface area contributed by atoms with Crippen LogP contribution in [0.3, 0.4) is 0 Å². The molecule has 2 heterocycles. The first-order chi connectivity index (χ1) is 11.2. The lowest BCUT2D eigenvalue weighted by molar-refractivity contribution is 0.111. The van der Waals surface area contributed by atoms with E-state index < -0.39 is 0 Å². The zero-order valence-electron chi connectivity index (χ0n) is 14.4. The number of likely N-dealkylation sites (tertiary alicyclic amines) is 1. The molecule has 136 valence electrons. The molecular formula is C15H26IN5O3. The van der Waals surface area contributed by atoms with Crippen molar-refractivity contribution in [2.45, 2.75) is 38.8 Å². The number of hydrogen-bond acceptors (Lipinski definition) is 5. The molecule has 1 aromatic heterocycles. The molecule has 1 saturated heterocycles. The number of nitrogens with zero attached hydrogens (tertiary/aromatic N) is 3. The molecule has 1 fully saturated rings. The summed E-state index contributed by atoms with van der Waals surface area (Å²) in [6, 6.07) is 2.22. The first-order valence-electron chi connectivity index (χ1n) is 7.90. The van der Waals surface area contributed by atoms with E-state index in [1.807, 2.05) is 13.0 Å². The smallest absolute Gasteiger partial charge is 0.409 e. The maximum atomic E-state index is 11.5. The van der Waals surface area contributed by atoms with Crippen molar-refractivity contribution < 1.29 is 14.1 Å². The van der Waals surface area contributed by atoms with Gasteiger partial charge in [-0.25, -0.2) is 4.79 Å². The van der Waals surface area contributed by atoms with E-state index in [0.717, 1.165) is 36.7 Å². The number of piperidine rings is 1. The van der Waals surface area contributed by atoms with Crippen LogP contribution in [-0.4, -0.2) is 55.4 Å². The minimum Gasteiger partial charge on any atom is -0.453 e. The Morgan fingerprint density at radius 2 is 2.21 bits per heavy atom. The van der Waals surface area contributed by atoms with Gasteiger partial charge in [0.15, 0.2) is 11.7 Å². The number of carbonyl (C=O) groups is 1. The lowest BCUT2D eigenvalue weighted by Crippen LogP contribution is -2.49. The van der Waals surface area contributed by atoms with Crippen LogP contribution >= 0.6 is 24.0 Å². The topological polar surface area (TPSA) is 92.0 Å². The van der Waals surface area contributed by atoms with Gasteiger partial charge in [-0.3, -0.25) is 4.99 Å². The molecule has 0 aliphatic carbocycles. The van der Waals surface area contributed by atoms with Crippen LogP contribution in [0.2, 0.25) is 0 Å². The van der Waals surface area contributed by atoms with Crippen LogP contribution in [0.1, 0.15) is 31.2 Å². The van der Waals surface area contributed by atoms with E-state index in [9.17, 15) is 4.79 Å². The molecule has 8 nitrogen and oxygen atoms in total. The van der Waals surface area contributed by atoms with Gasteiger partial charge < -0.3 is 24.8 Å². The predicted octanol–water partition coefficient (Wildman–Crippen LogP) is 1.75. The molecule has 2 rings (SSSR count). The lowest BCUT2D eigenvalue weighted by atomic mass is 10.1. The number of ether oxygens (including phenoxy) is 1. The number of amides is 1. The van der Waals surface area contributed by atoms with Crippen LogP contribution in [0.4, 0.5) is 4.79 Å². The van der Waals surface area contributed by atoms with Crippen molar-refractivity contribution in [3.05, 3.63) is 17.5 Å². The lowest BCUT2D eigenvalue weighted by Gasteiger charge is -2.32. The molecule has 24 heavy (non-hydrogen) atoms. The molecule has 0 radical (unpaired) electrons. The quantitative estimate of drug-likeness (QED) is 0.412. The second-order valence-electron chi connectivity index (χ2n) is 5.44. The van der Waals surface area contributed by atoms with Gasteiger partial charge in [0.2, 0.25) is 0 Å². The average molecular weight is 451 g/mol. The van der Waals surface area contributed by atoms with Crippen molar-refractivity contribution in [3.8, 4) is 0 Å². The molecule has 0 saturated carbocycles. The van der Waals surface area contributed by atoms with Crippen molar-refractivity contribution in [1.82, 2.24) is 20.7 Å². The fourth-order valence-corrected chi connectivity index (χ4v) is 2.50. The molecule has 1 aliphatic rings. The summed E-state index contributed by atoms with van der Waals surface area (Å²) >= 11 is 0. The van der Waals surface area contributed by atoms with E-state index in [1.54, 1.807) is 11.9 Å². The zero-order chi connectivity index (χ0) is 16.7. The molecule has 1 amide bonds. The number of aliphatic imine (C=N–C) groups is 1. The Morgan fingerprint density at radius 3 is 2.75 bits per heavy atom. The SMILES string of the molecule is CCc1cc(CNC(=NC)NC2CCN(C(=O)OC)CC2)on1.I. The van der Waals surface area contributed by atoms with Crippen molar-refractivity contribution in [1.29, 1.82) is 0 Å². The van der Waals surface area contributed by atoms with E-state index in [0.29, 0.717) is 19.6 Å². The second kappa shape index (κ2) is 10.4. The number of nitrogens with one attached hydrogen (secondary N) is 2. The minimum absolute atomic E-state index is 0. The summed E-state index contributed by atoms with van der Waals surface area (Å²) in [7, 11) is 3.14. The number of halogens is 1. The molecule has 0 aromatic carbocycles. The van der Waals surface area contributed by atoms with E-state index in [4.69, 9.17) is 9.26 Å². The van der Waals surface area contributed by atoms with Gasteiger partial charge in [0.25, 0.3) is 0 Å². The van der Waals surface area contributed by atoms with Crippen molar-refractivity contribution in [2.75, 3.05) is 27.2 Å². The van der Waals surface area contributed by atoms with Gasteiger partial charge in [-0.05, 0) is 19.3 Å². The highest BCUT2D eigenvalue weighted by molar-refractivity contribution is 14.0. The largest absolute Gasteiger partial charge is 0.453 e. The van der Waals surface area contributed by atoms with Crippen LogP contribution in [0.5, 0.6) is 0 Å². The maximum absolute atomic E-state index is 11.5. The summed E-state index contributed by atoms with van der Waals surface area (Å²) in [6.45, 7) is 3.94. The fourth-order valence-electron chi connectivity index (χ4n) is 2.50. The number of aromatic nitrogens is 1. The molecule has 0 bridgehead atoms. The Bertz CT molecular complexity index is 541. The highest BCUT2D eigenvalue weighted by Crippen LogP contribution is 2.11. The third-order valence-corrected chi connectivity index (χ3v) is 3.89. The zero-order valence-corrected chi connectivity index (χ0v) is 16.7. The Hall–Kier alpha value is -1.52. The van der Waals surface area contributed by atoms with E-state index >= 15 is 0 Å². The van der Waals surface area contributed by atoms with E-state index in [2.05, 4.69) is 20.8 Å². The number of hydrogen-bond donors (Lipinski definition) is 2. The van der Waals surface area contributed by atoms with Gasteiger partial charge in [-0.2, -0.15) is 0 Å². The van der Waals surface area contributed by atoms with Gasteiger partial charge in [-0.15, -0.1) is 24.0 Å². The maximum Gasteiger partial charge on any atom is 0.409 e. The molecule has 0 unspecified atom stereocenters. The van der Waals surface area contributed by atoms with Crippen LogP contribution in [-0.2, 0) is 17.7 Å². The number of carbonyl (C=O) groups excluding carboxylic acids is 1. The van der Waals surface area contributed by atoms with Crippen molar-refractivity contribution in [2.24, 2.45) is 4.99 Å².